The predicted octanol–water partition coefficient (Wildman–Crippen LogP) is 2.49. The fraction of sp³-hybridized carbons (Fsp3) is 0.462. The smallest absolute Gasteiger partial charge is 0.195 e. The number of oxazole rings is 1. The Hall–Kier alpha value is -1.35. The van der Waals surface area contributed by atoms with E-state index in [1.54, 1.807) is 0 Å². The van der Waals surface area contributed by atoms with Gasteiger partial charge in [-0.3, -0.25) is 0 Å². The normalized spacial score (nSPS) is 23.9. The third kappa shape index (κ3) is 1.43. The van der Waals surface area contributed by atoms with Crippen molar-refractivity contribution in [3.63, 3.8) is 0 Å². The number of aryl methyl sites for hydroxylation is 1. The number of aliphatic hydroxyl groups excluding tert-OH is 1. The van der Waals surface area contributed by atoms with Gasteiger partial charge in [0.15, 0.2) is 11.5 Å². The van der Waals surface area contributed by atoms with Gasteiger partial charge in [-0.05, 0) is 24.3 Å². The van der Waals surface area contributed by atoms with E-state index in [4.69, 9.17) is 9.52 Å². The molecule has 2 aromatic rings. The molecule has 1 aromatic heterocycles. The summed E-state index contributed by atoms with van der Waals surface area (Å²) in [5, 5.41) is 9.11. The average molecular weight is 217 g/mol. The van der Waals surface area contributed by atoms with Crippen LogP contribution in [0.5, 0.6) is 0 Å². The monoisotopic (exact) mass is 217 g/mol. The Kier molecular flexibility index (Phi) is 2.21. The lowest BCUT2D eigenvalue weighted by Gasteiger charge is -1.98. The summed E-state index contributed by atoms with van der Waals surface area (Å²) in [7, 11) is 0. The molecule has 1 N–H and O–H groups in total. The van der Waals surface area contributed by atoms with Crippen molar-refractivity contribution >= 4 is 11.1 Å². The molecule has 0 bridgehead atoms. The second-order valence-electron chi connectivity index (χ2n) is 4.44. The standard InChI is InChI=1S/C13H15NO2/c1-2-12-14-11-5-3-4-9(13(11)16-12)10-6-8(10)7-15/h3-5,8,10,15H,2,6-7H2,1H3. The molecule has 1 saturated carbocycles. The minimum absolute atomic E-state index is 0.274. The molecule has 0 spiro atoms. The summed E-state index contributed by atoms with van der Waals surface area (Å²) < 4.78 is 5.75. The van der Waals surface area contributed by atoms with Gasteiger partial charge in [-0.2, -0.15) is 0 Å². The molecule has 1 aliphatic carbocycles. The molecule has 2 unspecified atom stereocenters. The van der Waals surface area contributed by atoms with Crippen LogP contribution >= 0.6 is 0 Å². The van der Waals surface area contributed by atoms with E-state index in [1.807, 2.05) is 19.1 Å². The molecule has 1 aliphatic rings. The van der Waals surface area contributed by atoms with E-state index in [0.717, 1.165) is 29.8 Å². The summed E-state index contributed by atoms with van der Waals surface area (Å²) in [6.07, 6.45) is 1.89. The van der Waals surface area contributed by atoms with Gasteiger partial charge in [0.2, 0.25) is 0 Å². The van der Waals surface area contributed by atoms with E-state index in [9.17, 15) is 0 Å². The van der Waals surface area contributed by atoms with Crippen LogP contribution in [0.25, 0.3) is 11.1 Å². The highest BCUT2D eigenvalue weighted by Gasteiger charge is 2.39. The Labute approximate surface area is 94.1 Å². The Balaban J connectivity index is 2.07. The number of nitrogens with zero attached hydrogens (tertiary/aromatic N) is 1. The maximum atomic E-state index is 9.11. The molecule has 0 amide bonds. The van der Waals surface area contributed by atoms with E-state index in [1.165, 1.54) is 5.56 Å². The molecular weight excluding hydrogens is 202 g/mol. The van der Waals surface area contributed by atoms with E-state index in [2.05, 4.69) is 11.1 Å². The minimum Gasteiger partial charge on any atom is -0.440 e. The van der Waals surface area contributed by atoms with Crippen LogP contribution < -0.4 is 0 Å². The van der Waals surface area contributed by atoms with Gasteiger partial charge >= 0.3 is 0 Å². The lowest BCUT2D eigenvalue weighted by molar-refractivity contribution is 0.274. The van der Waals surface area contributed by atoms with E-state index < -0.39 is 0 Å². The van der Waals surface area contributed by atoms with Crippen molar-refractivity contribution in [1.82, 2.24) is 4.98 Å². The van der Waals surface area contributed by atoms with Crippen LogP contribution in [0.4, 0.5) is 0 Å². The first-order chi connectivity index (χ1) is 7.83. The van der Waals surface area contributed by atoms with Gasteiger partial charge in [0, 0.05) is 18.6 Å². The van der Waals surface area contributed by atoms with Crippen LogP contribution in [0, 0.1) is 5.92 Å². The average Bonchev–Trinajstić information content (AvgIpc) is 2.98. The van der Waals surface area contributed by atoms with Crippen molar-refractivity contribution in [3.8, 4) is 0 Å². The number of hydrogen-bond acceptors (Lipinski definition) is 3. The quantitative estimate of drug-likeness (QED) is 0.859. The van der Waals surface area contributed by atoms with Gasteiger partial charge in [-0.25, -0.2) is 4.98 Å². The van der Waals surface area contributed by atoms with E-state index in [-0.39, 0.29) is 6.61 Å². The first-order valence-electron chi connectivity index (χ1n) is 5.82. The first-order valence-corrected chi connectivity index (χ1v) is 5.82. The summed E-state index contributed by atoms with van der Waals surface area (Å²) in [6, 6.07) is 6.09. The first kappa shape index (κ1) is 9.85. The summed E-state index contributed by atoms with van der Waals surface area (Å²) in [4.78, 5) is 4.42. The molecule has 3 heteroatoms. The number of para-hydroxylation sites is 1. The molecule has 1 heterocycles. The number of aliphatic hydroxyl groups is 1. The van der Waals surface area contributed by atoms with Gasteiger partial charge in [-0.15, -0.1) is 0 Å². The highest BCUT2D eigenvalue weighted by molar-refractivity contribution is 5.77. The Morgan fingerprint density at radius 3 is 3.06 bits per heavy atom. The number of benzene rings is 1. The lowest BCUT2D eigenvalue weighted by Crippen LogP contribution is -1.89. The van der Waals surface area contributed by atoms with Gasteiger partial charge in [-0.1, -0.05) is 19.1 Å². The summed E-state index contributed by atoms with van der Waals surface area (Å²) in [5.41, 5.74) is 3.07. The summed E-state index contributed by atoms with van der Waals surface area (Å²) in [5.74, 6) is 1.68. The second kappa shape index (κ2) is 3.59. The molecular formula is C13H15NO2. The highest BCUT2D eigenvalue weighted by Crippen LogP contribution is 2.49. The van der Waals surface area contributed by atoms with Crippen LogP contribution in [-0.2, 0) is 6.42 Å². The molecule has 1 aromatic carbocycles. The van der Waals surface area contributed by atoms with Crippen LogP contribution in [0.15, 0.2) is 22.6 Å². The molecule has 84 valence electrons. The predicted molar refractivity (Wildman–Crippen MR) is 61.3 cm³/mol. The Morgan fingerprint density at radius 1 is 1.50 bits per heavy atom. The topological polar surface area (TPSA) is 46.3 Å². The molecule has 1 fully saturated rings. The molecule has 0 saturated heterocycles. The van der Waals surface area contributed by atoms with Gasteiger partial charge in [0.05, 0.1) is 0 Å². The lowest BCUT2D eigenvalue weighted by atomic mass is 10.1. The van der Waals surface area contributed by atoms with E-state index in [0.29, 0.717) is 11.8 Å². The molecule has 0 aliphatic heterocycles. The van der Waals surface area contributed by atoms with Gasteiger partial charge in [0.1, 0.15) is 5.52 Å². The Bertz CT molecular complexity index is 518. The SMILES string of the molecule is CCc1nc2cccc(C3CC3CO)c2o1. The van der Waals surface area contributed by atoms with Crippen molar-refractivity contribution in [2.45, 2.75) is 25.7 Å². The zero-order valence-corrected chi connectivity index (χ0v) is 9.31. The molecule has 0 radical (unpaired) electrons. The fourth-order valence-corrected chi connectivity index (χ4v) is 2.29. The number of hydrogen-bond donors (Lipinski definition) is 1. The largest absolute Gasteiger partial charge is 0.440 e. The van der Waals surface area contributed by atoms with Crippen LogP contribution in [0.3, 0.4) is 0 Å². The Morgan fingerprint density at radius 2 is 2.38 bits per heavy atom. The zero-order chi connectivity index (χ0) is 11.1. The van der Waals surface area contributed by atoms with E-state index >= 15 is 0 Å². The minimum atomic E-state index is 0.274. The van der Waals surface area contributed by atoms with Crippen molar-refractivity contribution < 1.29 is 9.52 Å². The summed E-state index contributed by atoms with van der Waals surface area (Å²) >= 11 is 0. The molecule has 3 nitrogen and oxygen atoms in total. The third-order valence-corrected chi connectivity index (χ3v) is 3.35. The number of fused-ring (bicyclic) bond motifs is 1. The highest BCUT2D eigenvalue weighted by atomic mass is 16.3. The van der Waals surface area contributed by atoms with Gasteiger partial charge < -0.3 is 9.52 Å². The number of rotatable bonds is 3. The number of aromatic nitrogens is 1. The van der Waals surface area contributed by atoms with Crippen molar-refractivity contribution in [3.05, 3.63) is 29.7 Å². The third-order valence-electron chi connectivity index (χ3n) is 3.35. The zero-order valence-electron chi connectivity index (χ0n) is 9.31. The maximum Gasteiger partial charge on any atom is 0.195 e. The van der Waals surface area contributed by atoms with Crippen molar-refractivity contribution in [1.29, 1.82) is 0 Å². The van der Waals surface area contributed by atoms with Crippen LogP contribution in [-0.4, -0.2) is 16.7 Å². The maximum absolute atomic E-state index is 9.11. The van der Waals surface area contributed by atoms with Crippen molar-refractivity contribution in [2.75, 3.05) is 6.61 Å². The molecule has 16 heavy (non-hydrogen) atoms. The van der Waals surface area contributed by atoms with Crippen LogP contribution in [0.2, 0.25) is 0 Å². The molecule has 2 atom stereocenters. The van der Waals surface area contributed by atoms with Gasteiger partial charge in [0.25, 0.3) is 0 Å². The fourth-order valence-electron chi connectivity index (χ4n) is 2.29. The second-order valence-corrected chi connectivity index (χ2v) is 4.44. The molecule has 3 rings (SSSR count). The summed E-state index contributed by atoms with van der Waals surface area (Å²) in [6.45, 7) is 2.31. The van der Waals surface area contributed by atoms with Crippen molar-refractivity contribution in [2.24, 2.45) is 5.92 Å². The van der Waals surface area contributed by atoms with Crippen LogP contribution in [0.1, 0.15) is 30.7 Å².